The van der Waals surface area contributed by atoms with Crippen molar-refractivity contribution < 1.29 is 19.1 Å². The van der Waals surface area contributed by atoms with Crippen molar-refractivity contribution in [2.24, 2.45) is 0 Å². The van der Waals surface area contributed by atoms with Gasteiger partial charge >= 0.3 is 12.1 Å². The van der Waals surface area contributed by atoms with Crippen LogP contribution in [0.15, 0.2) is 6.07 Å². The van der Waals surface area contributed by atoms with Crippen LogP contribution in [0.25, 0.3) is 0 Å². The molecule has 29 heavy (non-hydrogen) atoms. The largest absolute Gasteiger partial charge is 0.462 e. The number of amides is 1. The van der Waals surface area contributed by atoms with E-state index in [0.717, 1.165) is 30.5 Å². The van der Waals surface area contributed by atoms with Crippen LogP contribution in [0.4, 0.5) is 10.5 Å². The maximum Gasteiger partial charge on any atom is 0.407 e. The van der Waals surface area contributed by atoms with E-state index < -0.39 is 17.7 Å². The number of piperidine rings is 1. The number of likely N-dealkylation sites (tertiary alicyclic amines) is 1. The van der Waals surface area contributed by atoms with Crippen LogP contribution in [-0.4, -0.2) is 48.3 Å². The molecule has 0 unspecified atom stereocenters. The first kappa shape index (κ1) is 23.3. The molecule has 0 aliphatic carbocycles. The number of benzene rings is 1. The molecule has 1 atom stereocenters. The summed E-state index contributed by atoms with van der Waals surface area (Å²) in [5.41, 5.74) is 7.89. The van der Waals surface area contributed by atoms with Crippen molar-refractivity contribution in [2.45, 2.75) is 65.6 Å². The van der Waals surface area contributed by atoms with Gasteiger partial charge in [0, 0.05) is 19.1 Å². The number of halogens is 1. The van der Waals surface area contributed by atoms with Gasteiger partial charge in [-0.2, -0.15) is 0 Å². The molecule has 162 valence electrons. The first-order chi connectivity index (χ1) is 13.5. The molecule has 1 amide bonds. The van der Waals surface area contributed by atoms with Gasteiger partial charge in [0.1, 0.15) is 5.60 Å². The third kappa shape index (κ3) is 6.51. The maximum atomic E-state index is 12.1. The molecule has 0 aromatic heterocycles. The number of carbonyl (C=O) groups is 2. The lowest BCUT2D eigenvalue weighted by Gasteiger charge is -2.34. The molecule has 0 spiro atoms. The van der Waals surface area contributed by atoms with Crippen molar-refractivity contribution in [3.63, 3.8) is 0 Å². The number of nitrogens with one attached hydrogen (secondary N) is 1. The molecule has 1 aromatic rings. The fraction of sp³-hybridized carbons (Fsp3) is 0.619. The van der Waals surface area contributed by atoms with Crippen molar-refractivity contribution in [1.29, 1.82) is 0 Å². The predicted molar refractivity (Wildman–Crippen MR) is 114 cm³/mol. The minimum absolute atomic E-state index is 0.00818. The number of aryl methyl sites for hydroxylation is 1. The summed E-state index contributed by atoms with van der Waals surface area (Å²) >= 11 is 6.51. The Bertz CT molecular complexity index is 761. The average Bonchev–Trinajstić information content (AvgIpc) is 2.60. The predicted octanol–water partition coefficient (Wildman–Crippen LogP) is 3.90. The van der Waals surface area contributed by atoms with Gasteiger partial charge in [0.2, 0.25) is 0 Å². The molecule has 0 radical (unpaired) electrons. The summed E-state index contributed by atoms with van der Waals surface area (Å²) in [7, 11) is 0. The fourth-order valence-electron chi connectivity index (χ4n) is 3.42. The average molecular weight is 426 g/mol. The lowest BCUT2D eigenvalue weighted by Crippen LogP contribution is -2.48. The highest BCUT2D eigenvalue weighted by Crippen LogP contribution is 2.32. The summed E-state index contributed by atoms with van der Waals surface area (Å²) in [5.74, 6) is -0.471. The molecule has 0 saturated carbocycles. The molecular formula is C21H32ClN3O4. The molecule has 0 bridgehead atoms. The van der Waals surface area contributed by atoms with Gasteiger partial charge in [0.05, 0.1) is 22.9 Å². The van der Waals surface area contributed by atoms with Crippen LogP contribution in [0.1, 0.15) is 62.0 Å². The van der Waals surface area contributed by atoms with Crippen LogP contribution in [0.3, 0.4) is 0 Å². The molecule has 2 rings (SSSR count). The number of carbonyl (C=O) groups excluding carboxylic acids is 2. The minimum Gasteiger partial charge on any atom is -0.462 e. The van der Waals surface area contributed by atoms with Crippen LogP contribution in [0, 0.1) is 6.92 Å². The number of nitrogen functional groups attached to an aromatic ring is 1. The van der Waals surface area contributed by atoms with Crippen molar-refractivity contribution in [1.82, 2.24) is 10.2 Å². The van der Waals surface area contributed by atoms with Gasteiger partial charge in [0.25, 0.3) is 0 Å². The summed E-state index contributed by atoms with van der Waals surface area (Å²) < 4.78 is 10.4. The first-order valence-electron chi connectivity index (χ1n) is 9.98. The highest BCUT2D eigenvalue weighted by Gasteiger charge is 2.26. The smallest absolute Gasteiger partial charge is 0.407 e. The van der Waals surface area contributed by atoms with E-state index >= 15 is 0 Å². The van der Waals surface area contributed by atoms with Gasteiger partial charge in [-0.15, -0.1) is 0 Å². The Morgan fingerprint density at radius 2 is 2.07 bits per heavy atom. The SMILES string of the molecule is CCOC(=O)c1cc(C)c(CN2CCC[C@@H](NC(=O)OC(C)(C)C)C2)c(Cl)c1N. The number of hydrogen-bond donors (Lipinski definition) is 2. The van der Waals surface area contributed by atoms with Crippen molar-refractivity contribution in [2.75, 3.05) is 25.4 Å². The normalized spacial score (nSPS) is 17.7. The maximum absolute atomic E-state index is 12.1. The zero-order chi connectivity index (χ0) is 21.8. The van der Waals surface area contributed by atoms with E-state index in [1.807, 2.05) is 27.7 Å². The van der Waals surface area contributed by atoms with E-state index in [2.05, 4.69) is 10.2 Å². The summed E-state index contributed by atoms with van der Waals surface area (Å²) in [4.78, 5) is 26.4. The number of rotatable bonds is 5. The van der Waals surface area contributed by atoms with Gasteiger partial charge in [-0.05, 0) is 71.2 Å². The van der Waals surface area contributed by atoms with E-state index in [1.165, 1.54) is 0 Å². The van der Waals surface area contributed by atoms with Crippen LogP contribution >= 0.6 is 11.6 Å². The Hall–Kier alpha value is -1.99. The van der Waals surface area contributed by atoms with Gasteiger partial charge in [-0.3, -0.25) is 4.90 Å². The number of esters is 1. The molecule has 1 heterocycles. The van der Waals surface area contributed by atoms with E-state index in [4.69, 9.17) is 26.8 Å². The number of nitrogens with zero attached hydrogens (tertiary/aromatic N) is 1. The van der Waals surface area contributed by atoms with Gasteiger partial charge in [0.15, 0.2) is 0 Å². The molecule has 1 aliphatic rings. The molecule has 8 heteroatoms. The second-order valence-corrected chi connectivity index (χ2v) is 8.77. The van der Waals surface area contributed by atoms with Gasteiger partial charge < -0.3 is 20.5 Å². The second kappa shape index (κ2) is 9.67. The van der Waals surface area contributed by atoms with E-state index in [0.29, 0.717) is 23.7 Å². The molecule has 3 N–H and O–H groups in total. The number of nitrogens with two attached hydrogens (primary N) is 1. The fourth-order valence-corrected chi connectivity index (χ4v) is 3.73. The standard InChI is InChI=1S/C21H32ClN3O4/c1-6-28-19(26)15-10-13(2)16(17(22)18(15)23)12-25-9-7-8-14(11-25)24-20(27)29-21(3,4)5/h10,14H,6-9,11-12,23H2,1-5H3,(H,24,27)/t14-/m1/s1. The molecule has 1 aromatic carbocycles. The number of alkyl carbamates (subject to hydrolysis) is 1. The quantitative estimate of drug-likeness (QED) is 0.549. The number of hydrogen-bond acceptors (Lipinski definition) is 6. The van der Waals surface area contributed by atoms with Crippen molar-refractivity contribution >= 4 is 29.4 Å². The Morgan fingerprint density at radius 1 is 1.38 bits per heavy atom. The molecule has 7 nitrogen and oxygen atoms in total. The summed E-state index contributed by atoms with van der Waals surface area (Å²) in [6, 6.07) is 1.74. The van der Waals surface area contributed by atoms with Crippen molar-refractivity contribution in [3.05, 3.63) is 27.8 Å². The minimum atomic E-state index is -0.527. The zero-order valence-electron chi connectivity index (χ0n) is 17.9. The third-order valence-electron chi connectivity index (χ3n) is 4.73. The van der Waals surface area contributed by atoms with Gasteiger partial charge in [-0.25, -0.2) is 9.59 Å². The second-order valence-electron chi connectivity index (χ2n) is 8.39. The summed E-state index contributed by atoms with van der Waals surface area (Å²) in [6.07, 6.45) is 1.45. The third-order valence-corrected chi connectivity index (χ3v) is 5.16. The summed E-state index contributed by atoms with van der Waals surface area (Å²) in [5, 5.41) is 3.33. The van der Waals surface area contributed by atoms with Crippen LogP contribution in [0.2, 0.25) is 5.02 Å². The lowest BCUT2D eigenvalue weighted by atomic mass is 10.00. The number of ether oxygens (including phenoxy) is 2. The van der Waals surface area contributed by atoms with E-state index in [-0.39, 0.29) is 18.3 Å². The highest BCUT2D eigenvalue weighted by molar-refractivity contribution is 6.34. The zero-order valence-corrected chi connectivity index (χ0v) is 18.7. The van der Waals surface area contributed by atoms with Gasteiger partial charge in [-0.1, -0.05) is 11.6 Å². The molecule has 1 saturated heterocycles. The van der Waals surface area contributed by atoms with Crippen LogP contribution < -0.4 is 11.1 Å². The molecular weight excluding hydrogens is 394 g/mol. The Balaban J connectivity index is 2.08. The Labute approximate surface area is 177 Å². The lowest BCUT2D eigenvalue weighted by molar-refractivity contribution is 0.0468. The Morgan fingerprint density at radius 3 is 2.69 bits per heavy atom. The van der Waals surface area contributed by atoms with Crippen LogP contribution in [0.5, 0.6) is 0 Å². The van der Waals surface area contributed by atoms with Crippen molar-refractivity contribution in [3.8, 4) is 0 Å². The highest BCUT2D eigenvalue weighted by atomic mass is 35.5. The monoisotopic (exact) mass is 425 g/mol. The Kier molecular flexibility index (Phi) is 7.77. The molecule has 1 fully saturated rings. The van der Waals surface area contributed by atoms with Crippen LogP contribution in [-0.2, 0) is 16.0 Å². The van der Waals surface area contributed by atoms with E-state index in [1.54, 1.807) is 13.0 Å². The summed E-state index contributed by atoms with van der Waals surface area (Å²) in [6.45, 7) is 11.6. The first-order valence-corrected chi connectivity index (χ1v) is 10.4. The molecule has 1 aliphatic heterocycles. The van der Waals surface area contributed by atoms with E-state index in [9.17, 15) is 9.59 Å². The topological polar surface area (TPSA) is 93.9 Å². The number of anilines is 1.